The Kier molecular flexibility index (Phi) is 3.42. The lowest BCUT2D eigenvalue weighted by Gasteiger charge is -2.15. The number of anilines is 4. The highest BCUT2D eigenvalue weighted by Crippen LogP contribution is 2.23. The minimum Gasteiger partial charge on any atom is -0.398 e. The molecule has 0 saturated heterocycles. The Morgan fingerprint density at radius 1 is 1.00 bits per heavy atom. The van der Waals surface area contributed by atoms with Crippen LogP contribution in [-0.2, 0) is 0 Å². The molecule has 0 radical (unpaired) electrons. The van der Waals surface area contributed by atoms with Crippen LogP contribution >= 0.6 is 0 Å². The molecule has 2 aromatic rings. The van der Waals surface area contributed by atoms with Crippen LogP contribution in [-0.4, -0.2) is 14.1 Å². The molecule has 2 rings (SSSR count). The summed E-state index contributed by atoms with van der Waals surface area (Å²) in [4.78, 5) is 2.08. The lowest BCUT2D eigenvalue weighted by atomic mass is 10.2. The molecule has 2 aromatic carbocycles. The van der Waals surface area contributed by atoms with Gasteiger partial charge in [0.15, 0.2) is 0 Å². The van der Waals surface area contributed by atoms with Gasteiger partial charge in [0.05, 0.1) is 0 Å². The molecule has 0 fully saturated rings. The lowest BCUT2D eigenvalue weighted by Crippen LogP contribution is -2.08. The number of nitrogens with two attached hydrogens (primary N) is 1. The van der Waals surface area contributed by atoms with Gasteiger partial charge in [-0.1, -0.05) is 12.1 Å². The zero-order chi connectivity index (χ0) is 13.1. The van der Waals surface area contributed by atoms with E-state index in [-0.39, 0.29) is 0 Å². The molecule has 0 aromatic heterocycles. The Balaban J connectivity index is 2.23. The standard InChI is InChI=1S/C15H19N3/c1-11-7-8-13(10-15(11)16)17-12-5-4-6-14(9-12)18(2)3/h4-10,17H,16H2,1-3H3. The minimum absolute atomic E-state index is 0.809. The molecule has 0 saturated carbocycles. The molecular weight excluding hydrogens is 222 g/mol. The van der Waals surface area contributed by atoms with Crippen LogP contribution in [0, 0.1) is 6.92 Å². The van der Waals surface area contributed by atoms with Crippen LogP contribution in [0.2, 0.25) is 0 Å². The number of nitrogens with zero attached hydrogens (tertiary/aromatic N) is 1. The van der Waals surface area contributed by atoms with Crippen LogP contribution in [0.3, 0.4) is 0 Å². The van der Waals surface area contributed by atoms with E-state index in [0.717, 1.165) is 22.6 Å². The third kappa shape index (κ3) is 2.74. The van der Waals surface area contributed by atoms with Crippen molar-refractivity contribution in [2.75, 3.05) is 30.0 Å². The van der Waals surface area contributed by atoms with Crippen molar-refractivity contribution in [3.05, 3.63) is 48.0 Å². The summed E-state index contributed by atoms with van der Waals surface area (Å²) in [6.07, 6.45) is 0. The number of nitrogen functional groups attached to an aromatic ring is 1. The number of aryl methyl sites for hydroxylation is 1. The van der Waals surface area contributed by atoms with Crippen molar-refractivity contribution in [2.24, 2.45) is 0 Å². The maximum atomic E-state index is 5.90. The van der Waals surface area contributed by atoms with Crippen LogP contribution in [0.5, 0.6) is 0 Å². The summed E-state index contributed by atoms with van der Waals surface area (Å²) in [5.41, 5.74) is 11.0. The Morgan fingerprint density at radius 2 is 1.72 bits per heavy atom. The van der Waals surface area contributed by atoms with Gasteiger partial charge in [-0.25, -0.2) is 0 Å². The maximum Gasteiger partial charge on any atom is 0.0405 e. The second-order valence-corrected chi connectivity index (χ2v) is 4.64. The number of hydrogen-bond donors (Lipinski definition) is 2. The molecule has 0 aliphatic rings. The third-order valence-electron chi connectivity index (χ3n) is 2.93. The fraction of sp³-hybridized carbons (Fsp3) is 0.200. The number of hydrogen-bond acceptors (Lipinski definition) is 3. The highest BCUT2D eigenvalue weighted by Gasteiger charge is 2.00. The Morgan fingerprint density at radius 3 is 2.39 bits per heavy atom. The van der Waals surface area contributed by atoms with Gasteiger partial charge >= 0.3 is 0 Å². The molecule has 0 amide bonds. The van der Waals surface area contributed by atoms with Crippen molar-refractivity contribution < 1.29 is 0 Å². The molecule has 0 aliphatic carbocycles. The van der Waals surface area contributed by atoms with Gasteiger partial charge in [-0.3, -0.25) is 0 Å². The van der Waals surface area contributed by atoms with Crippen LogP contribution < -0.4 is 16.0 Å². The third-order valence-corrected chi connectivity index (χ3v) is 2.93. The van der Waals surface area contributed by atoms with E-state index in [9.17, 15) is 0 Å². The molecule has 0 bridgehead atoms. The number of rotatable bonds is 3. The van der Waals surface area contributed by atoms with Crippen LogP contribution in [0.15, 0.2) is 42.5 Å². The van der Waals surface area contributed by atoms with E-state index in [2.05, 4.69) is 22.3 Å². The summed E-state index contributed by atoms with van der Waals surface area (Å²) in [5, 5.41) is 3.36. The molecule has 0 spiro atoms. The first kappa shape index (κ1) is 12.3. The van der Waals surface area contributed by atoms with Crippen molar-refractivity contribution in [1.29, 1.82) is 0 Å². The van der Waals surface area contributed by atoms with Gasteiger partial charge in [0.2, 0.25) is 0 Å². The summed E-state index contributed by atoms with van der Waals surface area (Å²) in [6, 6.07) is 14.3. The molecule has 94 valence electrons. The number of benzene rings is 2. The van der Waals surface area contributed by atoms with E-state index in [4.69, 9.17) is 5.73 Å². The number of nitrogens with one attached hydrogen (secondary N) is 1. The monoisotopic (exact) mass is 241 g/mol. The fourth-order valence-corrected chi connectivity index (χ4v) is 1.75. The summed E-state index contributed by atoms with van der Waals surface area (Å²) in [6.45, 7) is 2.01. The van der Waals surface area contributed by atoms with Gasteiger partial charge in [-0.05, 0) is 42.8 Å². The second-order valence-electron chi connectivity index (χ2n) is 4.64. The molecule has 0 unspecified atom stereocenters. The Bertz CT molecular complexity index is 547. The van der Waals surface area contributed by atoms with Crippen molar-refractivity contribution in [1.82, 2.24) is 0 Å². The molecule has 3 nitrogen and oxygen atoms in total. The average Bonchev–Trinajstić information content (AvgIpc) is 2.34. The molecule has 0 aliphatic heterocycles. The lowest BCUT2D eigenvalue weighted by molar-refractivity contribution is 1.13. The van der Waals surface area contributed by atoms with Gasteiger partial charge in [-0.15, -0.1) is 0 Å². The first-order valence-corrected chi connectivity index (χ1v) is 5.97. The quantitative estimate of drug-likeness (QED) is 0.809. The topological polar surface area (TPSA) is 41.3 Å². The summed E-state index contributed by atoms with van der Waals surface area (Å²) in [5.74, 6) is 0. The summed E-state index contributed by atoms with van der Waals surface area (Å²) < 4.78 is 0. The highest BCUT2D eigenvalue weighted by molar-refractivity contribution is 5.68. The van der Waals surface area contributed by atoms with Crippen molar-refractivity contribution in [2.45, 2.75) is 6.92 Å². The Hall–Kier alpha value is -2.16. The van der Waals surface area contributed by atoms with E-state index >= 15 is 0 Å². The van der Waals surface area contributed by atoms with E-state index in [1.807, 2.05) is 51.4 Å². The average molecular weight is 241 g/mol. The Labute approximate surface area is 108 Å². The van der Waals surface area contributed by atoms with E-state index in [0.29, 0.717) is 0 Å². The fourth-order valence-electron chi connectivity index (χ4n) is 1.75. The van der Waals surface area contributed by atoms with E-state index < -0.39 is 0 Å². The predicted molar refractivity (Wildman–Crippen MR) is 79.6 cm³/mol. The molecule has 0 atom stereocenters. The zero-order valence-electron chi connectivity index (χ0n) is 11.1. The normalized spacial score (nSPS) is 10.2. The van der Waals surface area contributed by atoms with Gasteiger partial charge in [0.1, 0.15) is 0 Å². The van der Waals surface area contributed by atoms with Crippen LogP contribution in [0.1, 0.15) is 5.56 Å². The van der Waals surface area contributed by atoms with Gasteiger partial charge in [-0.2, -0.15) is 0 Å². The van der Waals surface area contributed by atoms with Gasteiger partial charge < -0.3 is 16.0 Å². The van der Waals surface area contributed by atoms with Crippen molar-refractivity contribution in [3.63, 3.8) is 0 Å². The van der Waals surface area contributed by atoms with E-state index in [1.54, 1.807) is 0 Å². The van der Waals surface area contributed by atoms with E-state index in [1.165, 1.54) is 5.69 Å². The molecular formula is C15H19N3. The largest absolute Gasteiger partial charge is 0.398 e. The molecule has 3 N–H and O–H groups in total. The van der Waals surface area contributed by atoms with Gasteiger partial charge in [0.25, 0.3) is 0 Å². The highest BCUT2D eigenvalue weighted by atomic mass is 15.1. The summed E-state index contributed by atoms with van der Waals surface area (Å²) in [7, 11) is 4.06. The first-order valence-electron chi connectivity index (χ1n) is 5.97. The molecule has 3 heteroatoms. The van der Waals surface area contributed by atoms with Gasteiger partial charge in [0, 0.05) is 36.8 Å². The van der Waals surface area contributed by atoms with Crippen LogP contribution in [0.25, 0.3) is 0 Å². The van der Waals surface area contributed by atoms with Crippen molar-refractivity contribution >= 4 is 22.7 Å². The molecule has 0 heterocycles. The smallest absolute Gasteiger partial charge is 0.0405 e. The summed E-state index contributed by atoms with van der Waals surface area (Å²) >= 11 is 0. The minimum atomic E-state index is 0.809. The van der Waals surface area contributed by atoms with Crippen LogP contribution in [0.4, 0.5) is 22.7 Å². The zero-order valence-corrected chi connectivity index (χ0v) is 11.1. The van der Waals surface area contributed by atoms with Crippen molar-refractivity contribution in [3.8, 4) is 0 Å². The second kappa shape index (κ2) is 5.00. The maximum absolute atomic E-state index is 5.90. The first-order chi connectivity index (χ1) is 8.56. The SMILES string of the molecule is Cc1ccc(Nc2cccc(N(C)C)c2)cc1N. The molecule has 18 heavy (non-hydrogen) atoms. The predicted octanol–water partition coefficient (Wildman–Crippen LogP) is 3.39.